The number of piperazine rings is 1. The SMILES string of the molecule is COc1cc(/C=N\N2CCN(Cc3ccccc3)CC2)cc(Br)c1O. The van der Waals surface area contributed by atoms with Crippen molar-refractivity contribution in [2.75, 3.05) is 33.3 Å². The average molecular weight is 404 g/mol. The van der Waals surface area contributed by atoms with E-state index >= 15 is 0 Å². The van der Waals surface area contributed by atoms with Crippen molar-refractivity contribution in [2.24, 2.45) is 5.10 Å². The number of aromatic hydroxyl groups is 1. The number of hydrazone groups is 1. The Bertz CT molecular complexity index is 729. The van der Waals surface area contributed by atoms with E-state index in [4.69, 9.17) is 4.74 Å². The maximum absolute atomic E-state index is 9.86. The topological polar surface area (TPSA) is 48.3 Å². The molecule has 132 valence electrons. The molecule has 1 aliphatic rings. The first-order chi connectivity index (χ1) is 12.2. The van der Waals surface area contributed by atoms with Crippen molar-refractivity contribution in [3.05, 3.63) is 58.1 Å². The van der Waals surface area contributed by atoms with Gasteiger partial charge in [-0.1, -0.05) is 30.3 Å². The lowest BCUT2D eigenvalue weighted by molar-refractivity contribution is 0.131. The first-order valence-electron chi connectivity index (χ1n) is 8.27. The first kappa shape index (κ1) is 17.8. The minimum absolute atomic E-state index is 0.106. The number of ether oxygens (including phenoxy) is 1. The number of phenols is 1. The number of rotatable bonds is 5. The van der Waals surface area contributed by atoms with Crippen LogP contribution in [-0.2, 0) is 6.54 Å². The van der Waals surface area contributed by atoms with E-state index in [2.05, 4.69) is 55.2 Å². The molecule has 0 unspecified atom stereocenters. The second-order valence-corrected chi connectivity index (χ2v) is 6.87. The van der Waals surface area contributed by atoms with Crippen LogP contribution in [0.5, 0.6) is 11.5 Å². The van der Waals surface area contributed by atoms with Crippen LogP contribution in [0.3, 0.4) is 0 Å². The van der Waals surface area contributed by atoms with E-state index in [1.807, 2.05) is 12.1 Å². The molecule has 0 atom stereocenters. The van der Waals surface area contributed by atoms with Crippen molar-refractivity contribution in [3.63, 3.8) is 0 Å². The van der Waals surface area contributed by atoms with Gasteiger partial charge in [-0.3, -0.25) is 9.91 Å². The maximum Gasteiger partial charge on any atom is 0.172 e. The third-order valence-electron chi connectivity index (χ3n) is 4.24. The van der Waals surface area contributed by atoms with Crippen LogP contribution in [0.1, 0.15) is 11.1 Å². The molecule has 2 aromatic rings. The lowest BCUT2D eigenvalue weighted by Gasteiger charge is -2.33. The molecule has 1 aliphatic heterocycles. The van der Waals surface area contributed by atoms with Crippen LogP contribution in [0.2, 0.25) is 0 Å². The van der Waals surface area contributed by atoms with Gasteiger partial charge in [0.05, 0.1) is 17.8 Å². The number of hydrogen-bond donors (Lipinski definition) is 1. The highest BCUT2D eigenvalue weighted by atomic mass is 79.9. The highest BCUT2D eigenvalue weighted by Crippen LogP contribution is 2.34. The molecule has 1 fully saturated rings. The quantitative estimate of drug-likeness (QED) is 0.777. The Morgan fingerprint density at radius 2 is 1.88 bits per heavy atom. The molecule has 0 saturated carbocycles. The summed E-state index contributed by atoms with van der Waals surface area (Å²) in [5.74, 6) is 0.540. The number of phenolic OH excluding ortho intramolecular Hbond substituents is 1. The van der Waals surface area contributed by atoms with Crippen LogP contribution >= 0.6 is 15.9 Å². The summed E-state index contributed by atoms with van der Waals surface area (Å²) in [6, 6.07) is 14.1. The Balaban J connectivity index is 1.55. The standard InChI is InChI=1S/C19H22BrN3O2/c1-25-18-12-16(11-17(20)19(18)24)13-21-23-9-7-22(8-10-23)14-15-5-3-2-4-6-15/h2-6,11-13,24H,7-10,14H2,1H3/b21-13-. The molecule has 0 aliphatic carbocycles. The number of hydrogen-bond acceptors (Lipinski definition) is 5. The molecular formula is C19H22BrN3O2. The summed E-state index contributed by atoms with van der Waals surface area (Å²) < 4.78 is 5.77. The van der Waals surface area contributed by atoms with E-state index < -0.39 is 0 Å². The zero-order valence-electron chi connectivity index (χ0n) is 14.2. The predicted octanol–water partition coefficient (Wildman–Crippen LogP) is 3.32. The second kappa shape index (κ2) is 8.36. The summed E-state index contributed by atoms with van der Waals surface area (Å²) in [5.41, 5.74) is 2.23. The highest BCUT2D eigenvalue weighted by Gasteiger charge is 2.15. The predicted molar refractivity (Wildman–Crippen MR) is 103 cm³/mol. The summed E-state index contributed by atoms with van der Waals surface area (Å²) in [6.45, 7) is 4.78. The van der Waals surface area contributed by atoms with E-state index in [0.717, 1.165) is 38.3 Å². The number of nitrogens with zero attached hydrogens (tertiary/aromatic N) is 3. The maximum atomic E-state index is 9.86. The first-order valence-corrected chi connectivity index (χ1v) is 9.06. The Labute approximate surface area is 156 Å². The van der Waals surface area contributed by atoms with E-state index in [1.54, 1.807) is 12.3 Å². The van der Waals surface area contributed by atoms with E-state index in [9.17, 15) is 5.11 Å². The molecule has 3 rings (SSSR count). The minimum atomic E-state index is 0.106. The van der Waals surface area contributed by atoms with Crippen LogP contribution in [0.4, 0.5) is 0 Å². The van der Waals surface area contributed by atoms with Gasteiger partial charge in [0, 0.05) is 32.7 Å². The van der Waals surface area contributed by atoms with Crippen LogP contribution < -0.4 is 4.74 Å². The fourth-order valence-electron chi connectivity index (χ4n) is 2.82. The molecule has 1 N–H and O–H groups in total. The lowest BCUT2D eigenvalue weighted by atomic mass is 10.2. The van der Waals surface area contributed by atoms with Crippen molar-refractivity contribution in [1.82, 2.24) is 9.91 Å². The van der Waals surface area contributed by atoms with Gasteiger partial charge in [-0.2, -0.15) is 5.10 Å². The molecular weight excluding hydrogens is 382 g/mol. The molecule has 6 heteroatoms. The fourth-order valence-corrected chi connectivity index (χ4v) is 3.28. The van der Waals surface area contributed by atoms with Crippen LogP contribution in [0, 0.1) is 0 Å². The van der Waals surface area contributed by atoms with Crippen molar-refractivity contribution in [2.45, 2.75) is 6.54 Å². The van der Waals surface area contributed by atoms with E-state index in [0.29, 0.717) is 10.2 Å². The molecule has 1 saturated heterocycles. The molecule has 0 radical (unpaired) electrons. The fraction of sp³-hybridized carbons (Fsp3) is 0.316. The number of halogens is 1. The van der Waals surface area contributed by atoms with Crippen LogP contribution in [-0.4, -0.2) is 54.5 Å². The largest absolute Gasteiger partial charge is 0.503 e. The molecule has 0 spiro atoms. The molecule has 0 aromatic heterocycles. The summed E-state index contributed by atoms with van der Waals surface area (Å²) >= 11 is 3.33. The monoisotopic (exact) mass is 403 g/mol. The van der Waals surface area contributed by atoms with Crippen molar-refractivity contribution >= 4 is 22.1 Å². The Morgan fingerprint density at radius 3 is 2.56 bits per heavy atom. The molecule has 0 amide bonds. The van der Waals surface area contributed by atoms with Gasteiger partial charge in [0.1, 0.15) is 0 Å². The molecule has 0 bridgehead atoms. The zero-order valence-corrected chi connectivity index (χ0v) is 15.8. The Hall–Kier alpha value is -2.05. The van der Waals surface area contributed by atoms with Gasteiger partial charge in [0.2, 0.25) is 0 Å². The highest BCUT2D eigenvalue weighted by molar-refractivity contribution is 9.10. The van der Waals surface area contributed by atoms with Gasteiger partial charge in [0.15, 0.2) is 11.5 Å². The van der Waals surface area contributed by atoms with Crippen molar-refractivity contribution in [1.29, 1.82) is 0 Å². The summed E-state index contributed by atoms with van der Waals surface area (Å²) in [4.78, 5) is 2.45. The zero-order chi connectivity index (χ0) is 17.6. The normalized spacial score (nSPS) is 15.7. The average Bonchev–Trinajstić information content (AvgIpc) is 2.64. The number of benzene rings is 2. The van der Waals surface area contributed by atoms with Gasteiger partial charge in [0.25, 0.3) is 0 Å². The van der Waals surface area contributed by atoms with Gasteiger partial charge in [-0.05, 0) is 39.2 Å². The van der Waals surface area contributed by atoms with Crippen molar-refractivity contribution < 1.29 is 9.84 Å². The van der Waals surface area contributed by atoms with Gasteiger partial charge >= 0.3 is 0 Å². The molecule has 25 heavy (non-hydrogen) atoms. The second-order valence-electron chi connectivity index (χ2n) is 6.01. The summed E-state index contributed by atoms with van der Waals surface area (Å²) in [7, 11) is 1.54. The van der Waals surface area contributed by atoms with Crippen LogP contribution in [0.25, 0.3) is 0 Å². The van der Waals surface area contributed by atoms with Crippen LogP contribution in [0.15, 0.2) is 52.0 Å². The van der Waals surface area contributed by atoms with Crippen molar-refractivity contribution in [3.8, 4) is 11.5 Å². The minimum Gasteiger partial charge on any atom is -0.503 e. The molecule has 2 aromatic carbocycles. The smallest absolute Gasteiger partial charge is 0.172 e. The van der Waals surface area contributed by atoms with Gasteiger partial charge < -0.3 is 9.84 Å². The Kier molecular flexibility index (Phi) is 5.94. The summed E-state index contributed by atoms with van der Waals surface area (Å²) in [5, 5.41) is 16.5. The lowest BCUT2D eigenvalue weighted by Crippen LogP contribution is -2.43. The molecule has 5 nitrogen and oxygen atoms in total. The summed E-state index contributed by atoms with van der Waals surface area (Å²) in [6.07, 6.45) is 1.81. The van der Waals surface area contributed by atoms with E-state index in [1.165, 1.54) is 12.7 Å². The molecule has 1 heterocycles. The Morgan fingerprint density at radius 1 is 1.16 bits per heavy atom. The number of methoxy groups -OCH3 is 1. The van der Waals surface area contributed by atoms with E-state index in [-0.39, 0.29) is 5.75 Å². The van der Waals surface area contributed by atoms with Gasteiger partial charge in [-0.25, -0.2) is 0 Å². The third-order valence-corrected chi connectivity index (χ3v) is 4.84. The third kappa shape index (κ3) is 4.74. The van der Waals surface area contributed by atoms with Gasteiger partial charge in [-0.15, -0.1) is 0 Å².